The highest BCUT2D eigenvalue weighted by Crippen LogP contribution is 2.20. The van der Waals surface area contributed by atoms with E-state index in [4.69, 9.17) is 9.47 Å². The molecule has 0 radical (unpaired) electrons. The molecule has 2 aromatic rings. The van der Waals surface area contributed by atoms with E-state index in [9.17, 15) is 19.8 Å². The standard InChI is InChI=1S/C24H36O6Si3/c1-32(2,17-5-15-29-23(27)19-7-11-21(25)12-8-19)31-33(3,4)18-6-16-30-24(28)20-9-13-22(26)14-10-20/h7-14,25-26H,5-6,15-18,31H2,1-4H3. The molecular weight excluding hydrogens is 469 g/mol. The van der Waals surface area contributed by atoms with Crippen molar-refractivity contribution in [3.05, 3.63) is 59.7 Å². The Morgan fingerprint density at radius 1 is 0.697 bits per heavy atom. The molecule has 0 aliphatic carbocycles. The number of hydrogen-bond acceptors (Lipinski definition) is 6. The molecule has 0 saturated carbocycles. The zero-order chi connectivity index (χ0) is 24.5. The first-order valence-electron chi connectivity index (χ1n) is 11.4. The molecule has 2 rings (SSSR count). The highest BCUT2D eigenvalue weighted by Gasteiger charge is 2.32. The van der Waals surface area contributed by atoms with Crippen LogP contribution in [-0.4, -0.2) is 59.1 Å². The second-order valence-corrected chi connectivity index (χ2v) is 35.8. The third-order valence-corrected chi connectivity index (χ3v) is 36.0. The van der Waals surface area contributed by atoms with Crippen molar-refractivity contribution in [1.29, 1.82) is 0 Å². The quantitative estimate of drug-likeness (QED) is 0.252. The molecule has 0 amide bonds. The highest BCUT2D eigenvalue weighted by molar-refractivity contribution is 7.52. The van der Waals surface area contributed by atoms with E-state index in [1.54, 1.807) is 24.3 Å². The lowest BCUT2D eigenvalue weighted by molar-refractivity contribution is 0.0496. The summed E-state index contributed by atoms with van der Waals surface area (Å²) in [6.45, 7) is 10.7. The van der Waals surface area contributed by atoms with Gasteiger partial charge in [-0.15, -0.1) is 0 Å². The number of phenolic OH excluding ortho intramolecular Hbond substituents is 2. The molecule has 0 heterocycles. The van der Waals surface area contributed by atoms with Gasteiger partial charge in [0, 0.05) is 23.7 Å². The van der Waals surface area contributed by atoms with Gasteiger partial charge < -0.3 is 19.7 Å². The van der Waals surface area contributed by atoms with E-state index in [2.05, 4.69) is 26.2 Å². The maximum Gasteiger partial charge on any atom is 0.338 e. The molecule has 0 atom stereocenters. The number of phenols is 2. The van der Waals surface area contributed by atoms with Gasteiger partial charge in [-0.2, -0.15) is 0 Å². The Hall–Kier alpha value is -2.37. The maximum atomic E-state index is 12.1. The van der Waals surface area contributed by atoms with E-state index in [0.29, 0.717) is 24.3 Å². The average Bonchev–Trinajstić information content (AvgIpc) is 2.74. The Bertz CT molecular complexity index is 835. The molecule has 0 unspecified atom stereocenters. The fourth-order valence-corrected chi connectivity index (χ4v) is 46.2. The molecular formula is C24H36O6Si3. The molecule has 180 valence electrons. The molecule has 0 spiro atoms. The third-order valence-electron chi connectivity index (χ3n) is 5.63. The molecule has 9 heteroatoms. The van der Waals surface area contributed by atoms with Crippen LogP contribution in [0.3, 0.4) is 0 Å². The van der Waals surface area contributed by atoms with Crippen molar-refractivity contribution < 1.29 is 29.3 Å². The Labute approximate surface area is 200 Å². The first-order chi connectivity index (χ1) is 15.5. The molecule has 33 heavy (non-hydrogen) atoms. The monoisotopic (exact) mass is 504 g/mol. The van der Waals surface area contributed by atoms with Crippen LogP contribution >= 0.6 is 0 Å². The van der Waals surface area contributed by atoms with Gasteiger partial charge in [0.25, 0.3) is 0 Å². The van der Waals surface area contributed by atoms with Crippen LogP contribution in [0.4, 0.5) is 0 Å². The van der Waals surface area contributed by atoms with Crippen LogP contribution in [0.1, 0.15) is 33.6 Å². The van der Waals surface area contributed by atoms with Gasteiger partial charge in [-0.05, 0) is 61.4 Å². The fraction of sp³-hybridized carbons (Fsp3) is 0.417. The topological polar surface area (TPSA) is 93.1 Å². The van der Waals surface area contributed by atoms with E-state index in [0.717, 1.165) is 24.9 Å². The average molecular weight is 505 g/mol. The molecule has 6 nitrogen and oxygen atoms in total. The highest BCUT2D eigenvalue weighted by atomic mass is 29.6. The Kier molecular flexibility index (Phi) is 9.93. The van der Waals surface area contributed by atoms with Gasteiger partial charge >= 0.3 is 11.9 Å². The van der Waals surface area contributed by atoms with E-state index >= 15 is 0 Å². The summed E-state index contributed by atoms with van der Waals surface area (Å²) in [4.78, 5) is 24.2. The number of ether oxygens (including phenoxy) is 2. The van der Waals surface area contributed by atoms with E-state index < -0.39 is 15.2 Å². The van der Waals surface area contributed by atoms with Crippen molar-refractivity contribution >= 4 is 35.7 Å². The van der Waals surface area contributed by atoms with Gasteiger partial charge in [0.2, 0.25) is 0 Å². The summed E-state index contributed by atoms with van der Waals surface area (Å²) in [6.07, 6.45) is 1.79. The molecule has 0 aliphatic heterocycles. The van der Waals surface area contributed by atoms with Crippen LogP contribution in [0.2, 0.25) is 38.3 Å². The number of rotatable bonds is 12. The van der Waals surface area contributed by atoms with Crippen LogP contribution in [0.15, 0.2) is 48.5 Å². The summed E-state index contributed by atoms with van der Waals surface area (Å²) in [6, 6.07) is 14.5. The van der Waals surface area contributed by atoms with Gasteiger partial charge in [0.1, 0.15) is 11.5 Å². The number of esters is 2. The predicted molar refractivity (Wildman–Crippen MR) is 139 cm³/mol. The number of carbonyl (C=O) groups is 2. The van der Waals surface area contributed by atoms with Crippen molar-refractivity contribution in [2.45, 2.75) is 51.1 Å². The third kappa shape index (κ3) is 9.97. The number of hydrogen-bond donors (Lipinski definition) is 2. The molecule has 0 saturated heterocycles. The minimum absolute atomic E-state index is 0.131. The molecule has 0 fully saturated rings. The molecule has 0 aromatic heterocycles. The summed E-state index contributed by atoms with van der Waals surface area (Å²) in [5.74, 6) is -0.426. The van der Waals surface area contributed by atoms with E-state index in [1.165, 1.54) is 24.3 Å². The summed E-state index contributed by atoms with van der Waals surface area (Å²) < 4.78 is 10.8. The Morgan fingerprint density at radius 2 is 1.03 bits per heavy atom. The normalized spacial score (nSPS) is 11.8. The summed E-state index contributed by atoms with van der Waals surface area (Å²) in [5, 5.41) is 18.6. The van der Waals surface area contributed by atoms with Crippen LogP contribution < -0.4 is 0 Å². The summed E-state index contributed by atoms with van der Waals surface area (Å²) in [5.41, 5.74) is 0.914. The maximum absolute atomic E-state index is 12.1. The minimum Gasteiger partial charge on any atom is -0.508 e. The van der Waals surface area contributed by atoms with Crippen LogP contribution in [0, 0.1) is 0 Å². The molecule has 0 bridgehead atoms. The van der Waals surface area contributed by atoms with E-state index in [1.807, 2.05) is 0 Å². The van der Waals surface area contributed by atoms with Crippen molar-refractivity contribution in [2.75, 3.05) is 13.2 Å². The van der Waals surface area contributed by atoms with E-state index in [-0.39, 0.29) is 32.0 Å². The number of aromatic hydroxyl groups is 2. The largest absolute Gasteiger partial charge is 0.508 e. The van der Waals surface area contributed by atoms with Gasteiger partial charge in [-0.25, -0.2) is 9.59 Å². The SMILES string of the molecule is C[Si](C)(CCCOC(=O)c1ccc(O)cc1)[SiH2][Si](C)(C)CCCOC(=O)c1ccc(O)cc1. The van der Waals surface area contributed by atoms with Crippen LogP contribution in [-0.2, 0) is 9.47 Å². The lowest BCUT2D eigenvalue weighted by Gasteiger charge is -2.32. The second-order valence-electron chi connectivity index (χ2n) is 10.1. The smallest absolute Gasteiger partial charge is 0.338 e. The summed E-state index contributed by atoms with van der Waals surface area (Å²) >= 11 is 0. The van der Waals surface area contributed by atoms with Crippen LogP contribution in [0.25, 0.3) is 0 Å². The first-order valence-corrected chi connectivity index (χ1v) is 22.5. The lowest BCUT2D eigenvalue weighted by Crippen LogP contribution is -2.50. The van der Waals surface area contributed by atoms with Crippen molar-refractivity contribution in [2.24, 2.45) is 0 Å². The zero-order valence-corrected chi connectivity index (χ0v) is 23.5. The van der Waals surface area contributed by atoms with Crippen molar-refractivity contribution in [3.63, 3.8) is 0 Å². The Morgan fingerprint density at radius 3 is 1.36 bits per heavy atom. The first kappa shape index (κ1) is 26.9. The molecule has 0 aliphatic rings. The number of benzene rings is 2. The van der Waals surface area contributed by atoms with Crippen LogP contribution in [0.5, 0.6) is 11.5 Å². The minimum atomic E-state index is -1.29. The molecule has 2 N–H and O–H groups in total. The van der Waals surface area contributed by atoms with Gasteiger partial charge in [0.05, 0.1) is 24.3 Å². The molecule has 2 aromatic carbocycles. The summed E-state index contributed by atoms with van der Waals surface area (Å²) in [7, 11) is -2.78. The second kappa shape index (κ2) is 12.2. The van der Waals surface area contributed by atoms with Gasteiger partial charge in [-0.1, -0.05) is 38.3 Å². The number of carbonyl (C=O) groups excluding carboxylic acids is 2. The van der Waals surface area contributed by atoms with Crippen molar-refractivity contribution in [3.8, 4) is 11.5 Å². The van der Waals surface area contributed by atoms with Gasteiger partial charge in [0.15, 0.2) is 0 Å². The Balaban J connectivity index is 1.67. The fourth-order valence-electron chi connectivity index (χ4n) is 4.27. The zero-order valence-electron chi connectivity index (χ0n) is 20.1. The lowest BCUT2D eigenvalue weighted by atomic mass is 10.2. The predicted octanol–water partition coefficient (Wildman–Crippen LogP) is 4.47. The van der Waals surface area contributed by atoms with Gasteiger partial charge in [-0.3, -0.25) is 0 Å². The van der Waals surface area contributed by atoms with Crippen molar-refractivity contribution in [1.82, 2.24) is 0 Å².